The molecule has 0 radical (unpaired) electrons. The number of hydrogen-bond acceptors (Lipinski definition) is 2. The molecule has 2 rings (SSSR count). The molecular formula is C16H12BrClO3. The first-order chi connectivity index (χ1) is 10.1. The van der Waals surface area contributed by atoms with E-state index < -0.39 is 5.97 Å². The van der Waals surface area contributed by atoms with E-state index in [4.69, 9.17) is 21.4 Å². The summed E-state index contributed by atoms with van der Waals surface area (Å²) >= 11 is 9.43. The molecule has 1 N–H and O–H groups in total. The number of carbonyl (C=O) groups is 1. The number of aliphatic carboxylic acids is 1. The molecule has 3 nitrogen and oxygen atoms in total. The Labute approximate surface area is 135 Å². The summed E-state index contributed by atoms with van der Waals surface area (Å²) in [6, 6.07) is 12.8. The van der Waals surface area contributed by atoms with Gasteiger partial charge in [-0.1, -0.05) is 45.7 Å². The van der Waals surface area contributed by atoms with Gasteiger partial charge in [0.25, 0.3) is 0 Å². The average Bonchev–Trinajstić information content (AvgIpc) is 2.45. The van der Waals surface area contributed by atoms with E-state index in [1.165, 1.54) is 6.08 Å². The summed E-state index contributed by atoms with van der Waals surface area (Å²) in [7, 11) is 0. The zero-order valence-corrected chi connectivity index (χ0v) is 13.3. The lowest BCUT2D eigenvalue weighted by molar-refractivity contribution is -0.131. The maximum absolute atomic E-state index is 10.6. The van der Waals surface area contributed by atoms with Gasteiger partial charge in [-0.15, -0.1) is 0 Å². The minimum atomic E-state index is -1.01. The Balaban J connectivity index is 2.20. The van der Waals surface area contributed by atoms with Crippen LogP contribution in [0.25, 0.3) is 6.08 Å². The third-order valence-electron chi connectivity index (χ3n) is 2.72. The van der Waals surface area contributed by atoms with Crippen LogP contribution >= 0.6 is 27.5 Å². The standard InChI is InChI=1S/C16H12BrClO3/c17-13-6-7-15(11(9-13)5-8-16(19)20)21-10-12-3-1-2-4-14(12)18/h1-9H,10H2,(H,19,20). The van der Waals surface area contributed by atoms with Crippen molar-refractivity contribution >= 4 is 39.6 Å². The molecule has 0 aromatic heterocycles. The second kappa shape index (κ2) is 7.29. The highest BCUT2D eigenvalue weighted by Crippen LogP contribution is 2.26. The molecule has 0 spiro atoms. The summed E-state index contributed by atoms with van der Waals surface area (Å²) < 4.78 is 6.59. The largest absolute Gasteiger partial charge is 0.488 e. The Bertz CT molecular complexity index is 683. The van der Waals surface area contributed by atoms with Crippen LogP contribution < -0.4 is 4.74 Å². The molecule has 2 aromatic rings. The van der Waals surface area contributed by atoms with Crippen LogP contribution in [0, 0.1) is 0 Å². The molecule has 0 bridgehead atoms. The van der Waals surface area contributed by atoms with Crippen LogP contribution in [0.5, 0.6) is 5.75 Å². The lowest BCUT2D eigenvalue weighted by Gasteiger charge is -2.10. The highest BCUT2D eigenvalue weighted by atomic mass is 79.9. The van der Waals surface area contributed by atoms with Crippen molar-refractivity contribution < 1.29 is 14.6 Å². The summed E-state index contributed by atoms with van der Waals surface area (Å²) in [5.41, 5.74) is 1.55. The summed E-state index contributed by atoms with van der Waals surface area (Å²) in [6.07, 6.45) is 2.57. The van der Waals surface area contributed by atoms with Gasteiger partial charge in [0.2, 0.25) is 0 Å². The molecule has 0 unspecified atom stereocenters. The van der Waals surface area contributed by atoms with Gasteiger partial charge < -0.3 is 9.84 Å². The van der Waals surface area contributed by atoms with E-state index in [-0.39, 0.29) is 0 Å². The normalized spacial score (nSPS) is 10.8. The van der Waals surface area contributed by atoms with Gasteiger partial charge in [0.15, 0.2) is 0 Å². The smallest absolute Gasteiger partial charge is 0.328 e. The summed E-state index contributed by atoms with van der Waals surface area (Å²) in [6.45, 7) is 0.315. The van der Waals surface area contributed by atoms with E-state index in [9.17, 15) is 4.79 Å². The van der Waals surface area contributed by atoms with Gasteiger partial charge in [0.05, 0.1) is 0 Å². The predicted octanol–water partition coefficient (Wildman–Crippen LogP) is 4.78. The number of halogens is 2. The molecule has 0 fully saturated rings. The fraction of sp³-hybridized carbons (Fsp3) is 0.0625. The molecule has 108 valence electrons. The Kier molecular flexibility index (Phi) is 5.42. The van der Waals surface area contributed by atoms with Crippen molar-refractivity contribution in [3.05, 3.63) is 69.2 Å². The van der Waals surface area contributed by atoms with Crippen LogP contribution in [0.15, 0.2) is 53.0 Å². The summed E-state index contributed by atoms with van der Waals surface area (Å²) in [5, 5.41) is 9.36. The molecule has 0 aliphatic heterocycles. The Morgan fingerprint density at radius 3 is 2.76 bits per heavy atom. The number of benzene rings is 2. The second-order valence-electron chi connectivity index (χ2n) is 4.23. The topological polar surface area (TPSA) is 46.5 Å². The Morgan fingerprint density at radius 2 is 2.05 bits per heavy atom. The molecule has 21 heavy (non-hydrogen) atoms. The lowest BCUT2D eigenvalue weighted by atomic mass is 10.2. The molecule has 0 saturated carbocycles. The first-order valence-electron chi connectivity index (χ1n) is 6.13. The van der Waals surface area contributed by atoms with Gasteiger partial charge in [-0.3, -0.25) is 0 Å². The second-order valence-corrected chi connectivity index (χ2v) is 5.56. The SMILES string of the molecule is O=C(O)C=Cc1cc(Br)ccc1OCc1ccccc1Cl. The van der Waals surface area contributed by atoms with Gasteiger partial charge in [0, 0.05) is 26.7 Å². The van der Waals surface area contributed by atoms with Crippen LogP contribution in [0.4, 0.5) is 0 Å². The van der Waals surface area contributed by atoms with Crippen molar-refractivity contribution in [2.24, 2.45) is 0 Å². The predicted molar refractivity (Wildman–Crippen MR) is 86.6 cm³/mol. The van der Waals surface area contributed by atoms with Gasteiger partial charge in [-0.25, -0.2) is 4.79 Å². The summed E-state index contributed by atoms with van der Waals surface area (Å²) in [4.78, 5) is 10.6. The van der Waals surface area contributed by atoms with Crippen molar-refractivity contribution in [2.45, 2.75) is 6.61 Å². The maximum Gasteiger partial charge on any atom is 0.328 e. The highest BCUT2D eigenvalue weighted by Gasteiger charge is 2.05. The van der Waals surface area contributed by atoms with Crippen molar-refractivity contribution in [3.63, 3.8) is 0 Å². The molecule has 0 aliphatic rings. The van der Waals surface area contributed by atoms with Crippen LogP contribution in [-0.4, -0.2) is 11.1 Å². The third-order valence-corrected chi connectivity index (χ3v) is 3.58. The molecule has 5 heteroatoms. The fourth-order valence-electron chi connectivity index (χ4n) is 1.71. The monoisotopic (exact) mass is 366 g/mol. The van der Waals surface area contributed by atoms with Gasteiger partial charge in [-0.05, 0) is 30.3 Å². The molecular weight excluding hydrogens is 356 g/mol. The minimum absolute atomic E-state index is 0.315. The van der Waals surface area contributed by atoms with Crippen molar-refractivity contribution in [2.75, 3.05) is 0 Å². The van der Waals surface area contributed by atoms with E-state index in [0.717, 1.165) is 16.1 Å². The quantitative estimate of drug-likeness (QED) is 0.774. The van der Waals surface area contributed by atoms with E-state index in [1.807, 2.05) is 24.3 Å². The minimum Gasteiger partial charge on any atom is -0.488 e. The van der Waals surface area contributed by atoms with Gasteiger partial charge in [-0.2, -0.15) is 0 Å². The lowest BCUT2D eigenvalue weighted by Crippen LogP contribution is -1.98. The van der Waals surface area contributed by atoms with Crippen molar-refractivity contribution in [1.82, 2.24) is 0 Å². The first-order valence-corrected chi connectivity index (χ1v) is 7.30. The van der Waals surface area contributed by atoms with Gasteiger partial charge >= 0.3 is 5.97 Å². The average molecular weight is 368 g/mol. The number of hydrogen-bond donors (Lipinski definition) is 1. The van der Waals surface area contributed by atoms with E-state index in [1.54, 1.807) is 18.2 Å². The molecule has 0 heterocycles. The number of ether oxygens (including phenoxy) is 1. The van der Waals surface area contributed by atoms with Crippen molar-refractivity contribution in [1.29, 1.82) is 0 Å². The fourth-order valence-corrected chi connectivity index (χ4v) is 2.28. The number of carboxylic acid groups (broad SMARTS) is 1. The number of carboxylic acids is 1. The molecule has 0 saturated heterocycles. The highest BCUT2D eigenvalue weighted by molar-refractivity contribution is 9.10. The molecule has 2 aromatic carbocycles. The van der Waals surface area contributed by atoms with Crippen LogP contribution in [0.2, 0.25) is 5.02 Å². The maximum atomic E-state index is 10.6. The van der Waals surface area contributed by atoms with Gasteiger partial charge in [0.1, 0.15) is 12.4 Å². The van der Waals surface area contributed by atoms with Crippen LogP contribution in [0.3, 0.4) is 0 Å². The third kappa shape index (κ3) is 4.62. The number of rotatable bonds is 5. The zero-order chi connectivity index (χ0) is 15.2. The molecule has 0 amide bonds. The Morgan fingerprint density at radius 1 is 1.29 bits per heavy atom. The van der Waals surface area contributed by atoms with Crippen LogP contribution in [0.1, 0.15) is 11.1 Å². The first kappa shape index (κ1) is 15.6. The summed E-state index contributed by atoms with van der Waals surface area (Å²) in [5.74, 6) is -0.414. The Hall–Kier alpha value is -1.78. The van der Waals surface area contributed by atoms with Crippen LogP contribution in [-0.2, 0) is 11.4 Å². The van der Waals surface area contributed by atoms with E-state index >= 15 is 0 Å². The molecule has 0 aliphatic carbocycles. The zero-order valence-electron chi connectivity index (χ0n) is 10.9. The van der Waals surface area contributed by atoms with E-state index in [2.05, 4.69) is 15.9 Å². The van der Waals surface area contributed by atoms with Crippen molar-refractivity contribution in [3.8, 4) is 5.75 Å². The van der Waals surface area contributed by atoms with E-state index in [0.29, 0.717) is 22.9 Å². The molecule has 0 atom stereocenters.